The quantitative estimate of drug-likeness (QED) is 0.800. The Bertz CT molecular complexity index is 545. The van der Waals surface area contributed by atoms with Crippen LogP contribution in [0, 0.1) is 0 Å². The SMILES string of the molecule is O=S(=O)(Cl)N(c1ccccc1)c1ccccc1. The van der Waals surface area contributed by atoms with Gasteiger partial charge >= 0.3 is 9.24 Å². The third kappa shape index (κ3) is 2.78. The summed E-state index contributed by atoms with van der Waals surface area (Å²) in [6.45, 7) is 0. The van der Waals surface area contributed by atoms with Crippen LogP contribution in [0.3, 0.4) is 0 Å². The molecule has 0 saturated heterocycles. The number of benzene rings is 2. The van der Waals surface area contributed by atoms with Gasteiger partial charge in [-0.15, -0.1) is 0 Å². The first-order valence-electron chi connectivity index (χ1n) is 4.94. The van der Waals surface area contributed by atoms with Gasteiger partial charge in [-0.05, 0) is 24.3 Å². The Labute approximate surface area is 105 Å². The van der Waals surface area contributed by atoms with Crippen molar-refractivity contribution in [3.63, 3.8) is 0 Å². The van der Waals surface area contributed by atoms with E-state index in [4.69, 9.17) is 10.7 Å². The summed E-state index contributed by atoms with van der Waals surface area (Å²) in [6, 6.07) is 17.4. The van der Waals surface area contributed by atoms with Gasteiger partial charge in [0.1, 0.15) is 0 Å². The van der Waals surface area contributed by atoms with Gasteiger partial charge in [-0.3, -0.25) is 0 Å². The van der Waals surface area contributed by atoms with Gasteiger partial charge in [-0.2, -0.15) is 8.42 Å². The molecule has 0 aliphatic rings. The highest BCUT2D eigenvalue weighted by atomic mass is 35.7. The Morgan fingerprint density at radius 2 is 1.12 bits per heavy atom. The summed E-state index contributed by atoms with van der Waals surface area (Å²) in [5, 5.41) is 0. The second-order valence-corrected chi connectivity index (χ2v) is 5.74. The van der Waals surface area contributed by atoms with Crippen molar-refractivity contribution in [2.24, 2.45) is 0 Å². The number of halogens is 1. The first-order chi connectivity index (χ1) is 8.09. The van der Waals surface area contributed by atoms with Crippen molar-refractivity contribution in [3.05, 3.63) is 60.7 Å². The zero-order valence-electron chi connectivity index (χ0n) is 8.82. The number of rotatable bonds is 3. The second-order valence-electron chi connectivity index (χ2n) is 3.38. The number of para-hydroxylation sites is 2. The van der Waals surface area contributed by atoms with Crippen LogP contribution in [0.4, 0.5) is 11.4 Å². The molecule has 5 heteroatoms. The smallest absolute Gasteiger partial charge is 0.226 e. The molecule has 0 bridgehead atoms. The average Bonchev–Trinajstić information content (AvgIpc) is 2.30. The van der Waals surface area contributed by atoms with Gasteiger partial charge in [0.2, 0.25) is 0 Å². The van der Waals surface area contributed by atoms with Gasteiger partial charge in [0, 0.05) is 10.7 Å². The first kappa shape index (κ1) is 12.0. The minimum absolute atomic E-state index is 0.508. The van der Waals surface area contributed by atoms with Crippen molar-refractivity contribution in [2.75, 3.05) is 4.31 Å². The minimum atomic E-state index is -3.87. The Kier molecular flexibility index (Phi) is 3.36. The Morgan fingerprint density at radius 1 is 0.765 bits per heavy atom. The fraction of sp³-hybridized carbons (Fsp3) is 0. The molecule has 2 aromatic carbocycles. The van der Waals surface area contributed by atoms with E-state index in [9.17, 15) is 8.42 Å². The van der Waals surface area contributed by atoms with E-state index in [2.05, 4.69) is 0 Å². The standard InChI is InChI=1S/C12H10ClNO2S/c13-17(15,16)14(11-7-3-1-4-8-11)12-9-5-2-6-10-12/h1-10H. The number of anilines is 2. The summed E-state index contributed by atoms with van der Waals surface area (Å²) in [5.41, 5.74) is 1.02. The van der Waals surface area contributed by atoms with E-state index in [-0.39, 0.29) is 0 Å². The molecule has 2 aromatic rings. The van der Waals surface area contributed by atoms with Crippen LogP contribution in [0.25, 0.3) is 0 Å². The van der Waals surface area contributed by atoms with E-state index in [1.165, 1.54) is 0 Å². The summed E-state index contributed by atoms with van der Waals surface area (Å²) < 4.78 is 24.3. The highest BCUT2D eigenvalue weighted by Gasteiger charge is 2.21. The van der Waals surface area contributed by atoms with E-state index in [1.54, 1.807) is 48.5 Å². The molecular formula is C12H10ClNO2S. The van der Waals surface area contributed by atoms with Crippen LogP contribution >= 0.6 is 10.7 Å². The molecule has 17 heavy (non-hydrogen) atoms. The maximum Gasteiger partial charge on any atom is 0.326 e. The van der Waals surface area contributed by atoms with Crippen LogP contribution in [0.2, 0.25) is 0 Å². The summed E-state index contributed by atoms with van der Waals surface area (Å²) in [5.74, 6) is 0. The molecule has 0 fully saturated rings. The van der Waals surface area contributed by atoms with Crippen LogP contribution in [-0.2, 0) is 9.24 Å². The van der Waals surface area contributed by atoms with Gasteiger partial charge < -0.3 is 0 Å². The van der Waals surface area contributed by atoms with Gasteiger partial charge in [0.05, 0.1) is 11.4 Å². The molecule has 88 valence electrons. The summed E-state index contributed by atoms with van der Waals surface area (Å²) in [6.07, 6.45) is 0. The Morgan fingerprint density at radius 3 is 1.41 bits per heavy atom. The lowest BCUT2D eigenvalue weighted by Crippen LogP contribution is -2.20. The summed E-state index contributed by atoms with van der Waals surface area (Å²) in [7, 11) is 1.60. The lowest BCUT2D eigenvalue weighted by atomic mass is 10.3. The van der Waals surface area contributed by atoms with Crippen molar-refractivity contribution in [2.45, 2.75) is 0 Å². The molecule has 0 aliphatic heterocycles. The first-order valence-corrected chi connectivity index (χ1v) is 7.21. The summed E-state index contributed by atoms with van der Waals surface area (Å²) in [4.78, 5) is 0. The van der Waals surface area contributed by atoms with E-state index in [1.807, 2.05) is 12.1 Å². The predicted octanol–water partition coefficient (Wildman–Crippen LogP) is 3.31. The van der Waals surface area contributed by atoms with E-state index >= 15 is 0 Å². The topological polar surface area (TPSA) is 37.4 Å². The summed E-state index contributed by atoms with van der Waals surface area (Å²) >= 11 is 0. The highest BCUT2D eigenvalue weighted by molar-refractivity contribution is 8.15. The van der Waals surface area contributed by atoms with Crippen LogP contribution in [-0.4, -0.2) is 8.42 Å². The molecule has 0 amide bonds. The van der Waals surface area contributed by atoms with Crippen LogP contribution in [0.1, 0.15) is 0 Å². The van der Waals surface area contributed by atoms with E-state index < -0.39 is 9.24 Å². The molecule has 0 aliphatic carbocycles. The van der Waals surface area contributed by atoms with Crippen molar-refractivity contribution in [1.29, 1.82) is 0 Å². The minimum Gasteiger partial charge on any atom is -0.226 e. The van der Waals surface area contributed by atoms with E-state index in [0.717, 1.165) is 4.31 Å². The van der Waals surface area contributed by atoms with Gasteiger partial charge in [-0.1, -0.05) is 36.4 Å². The number of nitrogens with zero attached hydrogens (tertiary/aromatic N) is 1. The molecule has 0 radical (unpaired) electrons. The molecule has 0 spiro atoms. The molecule has 2 rings (SSSR count). The molecule has 0 heterocycles. The Hall–Kier alpha value is -1.52. The second kappa shape index (κ2) is 4.77. The molecule has 0 saturated carbocycles. The largest absolute Gasteiger partial charge is 0.326 e. The van der Waals surface area contributed by atoms with Crippen molar-refractivity contribution >= 4 is 31.3 Å². The number of hydrogen-bond donors (Lipinski definition) is 0. The maximum atomic E-state index is 11.6. The molecular weight excluding hydrogens is 258 g/mol. The lowest BCUT2D eigenvalue weighted by molar-refractivity contribution is 0.609. The molecule has 0 unspecified atom stereocenters. The van der Waals surface area contributed by atoms with Crippen molar-refractivity contribution < 1.29 is 8.42 Å². The van der Waals surface area contributed by atoms with Crippen LogP contribution in [0.15, 0.2) is 60.7 Å². The molecule has 0 atom stereocenters. The zero-order valence-corrected chi connectivity index (χ0v) is 10.4. The monoisotopic (exact) mass is 267 g/mol. The average molecular weight is 268 g/mol. The van der Waals surface area contributed by atoms with Crippen molar-refractivity contribution in [1.82, 2.24) is 0 Å². The number of hydrogen-bond acceptors (Lipinski definition) is 2. The molecule has 3 nitrogen and oxygen atoms in total. The van der Waals surface area contributed by atoms with Crippen LogP contribution < -0.4 is 4.31 Å². The Balaban J connectivity index is 2.56. The van der Waals surface area contributed by atoms with Crippen molar-refractivity contribution in [3.8, 4) is 0 Å². The molecule has 0 aromatic heterocycles. The van der Waals surface area contributed by atoms with Crippen LogP contribution in [0.5, 0.6) is 0 Å². The lowest BCUT2D eigenvalue weighted by Gasteiger charge is -2.20. The van der Waals surface area contributed by atoms with Gasteiger partial charge in [0.15, 0.2) is 0 Å². The highest BCUT2D eigenvalue weighted by Crippen LogP contribution is 2.29. The fourth-order valence-corrected chi connectivity index (χ4v) is 2.75. The zero-order chi connectivity index (χ0) is 12.3. The fourth-order valence-electron chi connectivity index (χ4n) is 1.53. The van der Waals surface area contributed by atoms with Gasteiger partial charge in [0.25, 0.3) is 0 Å². The van der Waals surface area contributed by atoms with Gasteiger partial charge in [-0.25, -0.2) is 4.31 Å². The third-order valence-electron chi connectivity index (χ3n) is 2.20. The maximum absolute atomic E-state index is 11.6. The normalized spacial score (nSPS) is 11.1. The van der Waals surface area contributed by atoms with E-state index in [0.29, 0.717) is 11.4 Å². The molecule has 0 N–H and O–H groups in total. The third-order valence-corrected chi connectivity index (χ3v) is 3.47. The predicted molar refractivity (Wildman–Crippen MR) is 69.8 cm³/mol.